The summed E-state index contributed by atoms with van der Waals surface area (Å²) >= 11 is 0. The van der Waals surface area contributed by atoms with Gasteiger partial charge in [0.2, 0.25) is 0 Å². The van der Waals surface area contributed by atoms with E-state index in [9.17, 15) is 9.59 Å². The van der Waals surface area contributed by atoms with Crippen molar-refractivity contribution in [3.63, 3.8) is 0 Å². The van der Waals surface area contributed by atoms with Crippen molar-refractivity contribution in [3.8, 4) is 5.75 Å². The minimum Gasteiger partial charge on any atom is -0.497 e. The van der Waals surface area contributed by atoms with Crippen LogP contribution >= 0.6 is 0 Å². The molecule has 0 spiro atoms. The molecule has 0 heterocycles. The van der Waals surface area contributed by atoms with Gasteiger partial charge in [-0.25, -0.2) is 0 Å². The van der Waals surface area contributed by atoms with Crippen molar-refractivity contribution in [2.24, 2.45) is 0 Å². The third kappa shape index (κ3) is 5.08. The van der Waals surface area contributed by atoms with Crippen LogP contribution in [-0.4, -0.2) is 18.9 Å². The summed E-state index contributed by atoms with van der Waals surface area (Å²) in [6.07, 6.45) is 1.62. The van der Waals surface area contributed by atoms with Crippen molar-refractivity contribution < 1.29 is 14.3 Å². The molecule has 0 aliphatic heterocycles. The first-order chi connectivity index (χ1) is 13.7. The molecule has 0 unspecified atom stereocenters. The number of para-hydroxylation sites is 1. The van der Waals surface area contributed by atoms with Crippen molar-refractivity contribution in [1.82, 2.24) is 5.32 Å². The van der Waals surface area contributed by atoms with Gasteiger partial charge < -0.3 is 15.4 Å². The molecule has 28 heavy (non-hydrogen) atoms. The SMILES string of the molecule is COc1ccc(/C=C(\NC(=O)c2ccccc2)C(=O)Nc2ccccc2)cc1. The molecule has 140 valence electrons. The van der Waals surface area contributed by atoms with Crippen LogP contribution in [0.15, 0.2) is 90.6 Å². The fraction of sp³-hybridized carbons (Fsp3) is 0.0435. The fourth-order valence-corrected chi connectivity index (χ4v) is 2.53. The number of amides is 2. The smallest absolute Gasteiger partial charge is 0.272 e. The zero-order chi connectivity index (χ0) is 19.8. The Morgan fingerprint density at radius 3 is 2.04 bits per heavy atom. The van der Waals surface area contributed by atoms with E-state index < -0.39 is 5.91 Å². The van der Waals surface area contributed by atoms with Crippen LogP contribution in [0.3, 0.4) is 0 Å². The van der Waals surface area contributed by atoms with E-state index in [1.54, 1.807) is 61.7 Å². The summed E-state index contributed by atoms with van der Waals surface area (Å²) in [5.74, 6) is -0.0596. The van der Waals surface area contributed by atoms with Gasteiger partial charge >= 0.3 is 0 Å². The van der Waals surface area contributed by atoms with E-state index in [0.29, 0.717) is 17.0 Å². The van der Waals surface area contributed by atoms with Crippen molar-refractivity contribution in [1.29, 1.82) is 0 Å². The highest BCUT2D eigenvalue weighted by Crippen LogP contribution is 2.15. The number of carbonyl (C=O) groups excluding carboxylic acids is 2. The zero-order valence-electron chi connectivity index (χ0n) is 15.4. The second-order valence-electron chi connectivity index (χ2n) is 5.97. The maximum atomic E-state index is 12.8. The van der Waals surface area contributed by atoms with Crippen molar-refractivity contribution in [2.75, 3.05) is 12.4 Å². The molecule has 0 aliphatic carbocycles. The molecular weight excluding hydrogens is 352 g/mol. The Hall–Kier alpha value is -3.86. The van der Waals surface area contributed by atoms with Gasteiger partial charge in [0.25, 0.3) is 11.8 Å². The highest BCUT2D eigenvalue weighted by Gasteiger charge is 2.15. The summed E-state index contributed by atoms with van der Waals surface area (Å²) in [6, 6.07) is 25.0. The Morgan fingerprint density at radius 1 is 0.821 bits per heavy atom. The van der Waals surface area contributed by atoms with E-state index in [0.717, 1.165) is 5.56 Å². The van der Waals surface area contributed by atoms with E-state index in [1.807, 2.05) is 36.4 Å². The summed E-state index contributed by atoms with van der Waals surface area (Å²) in [5.41, 5.74) is 2.01. The van der Waals surface area contributed by atoms with Crippen LogP contribution in [0.1, 0.15) is 15.9 Å². The van der Waals surface area contributed by atoms with Gasteiger partial charge in [-0.3, -0.25) is 9.59 Å². The zero-order valence-corrected chi connectivity index (χ0v) is 15.4. The lowest BCUT2D eigenvalue weighted by molar-refractivity contribution is -0.113. The second-order valence-corrected chi connectivity index (χ2v) is 5.97. The predicted octanol–water partition coefficient (Wildman–Crippen LogP) is 4.10. The molecule has 0 fully saturated rings. The highest BCUT2D eigenvalue weighted by atomic mass is 16.5. The molecule has 2 N–H and O–H groups in total. The molecule has 0 radical (unpaired) electrons. The molecule has 5 nitrogen and oxygen atoms in total. The first-order valence-electron chi connectivity index (χ1n) is 8.74. The van der Waals surface area contributed by atoms with E-state index in [2.05, 4.69) is 10.6 Å². The molecule has 5 heteroatoms. The molecule has 3 aromatic rings. The third-order valence-corrected chi connectivity index (χ3v) is 3.99. The molecule has 2 amide bonds. The number of benzene rings is 3. The first-order valence-corrected chi connectivity index (χ1v) is 8.74. The lowest BCUT2D eigenvalue weighted by Gasteiger charge is -2.11. The summed E-state index contributed by atoms with van der Waals surface area (Å²) in [5, 5.41) is 5.50. The van der Waals surface area contributed by atoms with Gasteiger partial charge in [0.05, 0.1) is 7.11 Å². The Bertz CT molecular complexity index is 966. The average molecular weight is 372 g/mol. The molecule has 0 saturated carbocycles. The lowest BCUT2D eigenvalue weighted by atomic mass is 10.1. The Labute approximate surface area is 163 Å². The van der Waals surface area contributed by atoms with Crippen LogP contribution in [0.4, 0.5) is 5.69 Å². The van der Waals surface area contributed by atoms with Crippen LogP contribution < -0.4 is 15.4 Å². The van der Waals surface area contributed by atoms with Crippen LogP contribution in [0.25, 0.3) is 6.08 Å². The van der Waals surface area contributed by atoms with Crippen LogP contribution in [0.2, 0.25) is 0 Å². The minimum atomic E-state index is -0.411. The minimum absolute atomic E-state index is 0.142. The van der Waals surface area contributed by atoms with Crippen LogP contribution in [-0.2, 0) is 4.79 Å². The van der Waals surface area contributed by atoms with Gasteiger partial charge in [0.15, 0.2) is 0 Å². The number of rotatable bonds is 6. The number of anilines is 1. The van der Waals surface area contributed by atoms with Gasteiger partial charge in [-0.15, -0.1) is 0 Å². The number of carbonyl (C=O) groups is 2. The first kappa shape index (κ1) is 18.9. The summed E-state index contributed by atoms with van der Waals surface area (Å²) in [4.78, 5) is 25.3. The average Bonchev–Trinajstić information content (AvgIpc) is 2.75. The van der Waals surface area contributed by atoms with Crippen LogP contribution in [0.5, 0.6) is 5.75 Å². The summed E-state index contributed by atoms with van der Waals surface area (Å²) < 4.78 is 5.15. The summed E-state index contributed by atoms with van der Waals surface area (Å²) in [6.45, 7) is 0. The topological polar surface area (TPSA) is 67.4 Å². The quantitative estimate of drug-likeness (QED) is 0.640. The molecule has 0 aliphatic rings. The summed E-state index contributed by atoms with van der Waals surface area (Å²) in [7, 11) is 1.59. The number of methoxy groups -OCH3 is 1. The van der Waals surface area contributed by atoms with Gasteiger partial charge in [-0.05, 0) is 48.0 Å². The normalized spacial score (nSPS) is 10.8. The maximum absolute atomic E-state index is 12.8. The molecule has 0 bridgehead atoms. The monoisotopic (exact) mass is 372 g/mol. The highest BCUT2D eigenvalue weighted by molar-refractivity contribution is 6.10. The standard InChI is InChI=1S/C23H20N2O3/c1-28-20-14-12-17(13-15-20)16-21(23(27)24-19-10-6-3-7-11-19)25-22(26)18-8-4-2-5-9-18/h2-16H,1H3,(H,24,27)(H,25,26)/b21-16-. The van der Waals surface area contributed by atoms with Crippen molar-refractivity contribution in [3.05, 3.63) is 102 Å². The van der Waals surface area contributed by atoms with Gasteiger partial charge in [-0.1, -0.05) is 48.5 Å². The Morgan fingerprint density at radius 2 is 1.43 bits per heavy atom. The van der Waals surface area contributed by atoms with Gasteiger partial charge in [-0.2, -0.15) is 0 Å². The Kier molecular flexibility index (Phi) is 6.21. The molecule has 0 saturated heterocycles. The largest absolute Gasteiger partial charge is 0.497 e. The molecule has 3 aromatic carbocycles. The molecule has 0 atom stereocenters. The number of ether oxygens (including phenoxy) is 1. The van der Waals surface area contributed by atoms with Gasteiger partial charge in [0, 0.05) is 11.3 Å². The number of nitrogens with one attached hydrogen (secondary N) is 2. The van der Waals surface area contributed by atoms with Gasteiger partial charge in [0.1, 0.15) is 11.4 Å². The maximum Gasteiger partial charge on any atom is 0.272 e. The third-order valence-electron chi connectivity index (χ3n) is 3.99. The van der Waals surface area contributed by atoms with Crippen molar-refractivity contribution >= 4 is 23.6 Å². The lowest BCUT2D eigenvalue weighted by Crippen LogP contribution is -2.30. The number of hydrogen-bond acceptors (Lipinski definition) is 3. The molecular formula is C23H20N2O3. The number of hydrogen-bond donors (Lipinski definition) is 2. The Balaban J connectivity index is 1.87. The van der Waals surface area contributed by atoms with E-state index in [4.69, 9.17) is 4.74 Å². The van der Waals surface area contributed by atoms with E-state index in [1.165, 1.54) is 0 Å². The van der Waals surface area contributed by atoms with E-state index >= 15 is 0 Å². The van der Waals surface area contributed by atoms with E-state index in [-0.39, 0.29) is 11.6 Å². The van der Waals surface area contributed by atoms with Crippen molar-refractivity contribution in [2.45, 2.75) is 0 Å². The molecule has 3 rings (SSSR count). The van der Waals surface area contributed by atoms with Crippen LogP contribution in [0, 0.1) is 0 Å². The predicted molar refractivity (Wildman–Crippen MR) is 110 cm³/mol. The fourth-order valence-electron chi connectivity index (χ4n) is 2.53. The molecule has 0 aromatic heterocycles. The second kappa shape index (κ2) is 9.19.